The van der Waals surface area contributed by atoms with Crippen LogP contribution in [0.4, 0.5) is 8.78 Å². The summed E-state index contributed by atoms with van der Waals surface area (Å²) < 4.78 is 27.9. The van der Waals surface area contributed by atoms with Gasteiger partial charge in [0.15, 0.2) is 0 Å². The van der Waals surface area contributed by atoms with E-state index in [2.05, 4.69) is 5.32 Å². The quantitative estimate of drug-likeness (QED) is 0.732. The first-order valence-electron chi connectivity index (χ1n) is 7.22. The Morgan fingerprint density at radius 3 is 2.43 bits per heavy atom. The molecule has 0 spiro atoms. The number of rotatable bonds is 9. The molecule has 2 unspecified atom stereocenters. The van der Waals surface area contributed by atoms with Gasteiger partial charge in [-0.25, -0.2) is 0 Å². The van der Waals surface area contributed by atoms with E-state index in [4.69, 9.17) is 5.11 Å². The molecule has 0 saturated carbocycles. The van der Waals surface area contributed by atoms with Gasteiger partial charge in [-0.15, -0.1) is 0 Å². The summed E-state index contributed by atoms with van der Waals surface area (Å²) in [6, 6.07) is 7.67. The molecule has 0 aliphatic rings. The van der Waals surface area contributed by atoms with E-state index in [-0.39, 0.29) is 17.5 Å². The minimum Gasteiger partial charge on any atom is -0.481 e. The highest BCUT2D eigenvalue weighted by atomic mass is 19.3. The molecule has 0 radical (unpaired) electrons. The van der Waals surface area contributed by atoms with Gasteiger partial charge < -0.3 is 10.4 Å². The maximum Gasteiger partial charge on any atom is 0.306 e. The lowest BCUT2D eigenvalue weighted by atomic mass is 10.0. The van der Waals surface area contributed by atoms with Gasteiger partial charge in [0, 0.05) is 11.6 Å². The minimum absolute atomic E-state index is 0.00389. The minimum atomic E-state index is -2.90. The van der Waals surface area contributed by atoms with Crippen molar-refractivity contribution in [3.8, 4) is 0 Å². The zero-order valence-corrected chi connectivity index (χ0v) is 12.5. The molecular formula is C16H23F2NO2. The number of nitrogens with one attached hydrogen (secondary N) is 1. The van der Waals surface area contributed by atoms with E-state index in [9.17, 15) is 13.6 Å². The third-order valence-corrected chi connectivity index (χ3v) is 3.56. The van der Waals surface area contributed by atoms with Crippen LogP contribution < -0.4 is 5.32 Å². The molecule has 0 bridgehead atoms. The van der Waals surface area contributed by atoms with E-state index < -0.39 is 18.4 Å². The average molecular weight is 299 g/mol. The van der Waals surface area contributed by atoms with E-state index in [1.807, 2.05) is 6.92 Å². The number of halogens is 2. The predicted molar refractivity (Wildman–Crippen MR) is 78.5 cm³/mol. The Hall–Kier alpha value is -1.49. The molecule has 1 aromatic rings. The highest BCUT2D eigenvalue weighted by Gasteiger charge is 2.31. The van der Waals surface area contributed by atoms with Crippen molar-refractivity contribution in [2.45, 2.75) is 45.1 Å². The molecule has 0 saturated heterocycles. The van der Waals surface area contributed by atoms with Gasteiger partial charge in [0.2, 0.25) is 0 Å². The van der Waals surface area contributed by atoms with Crippen LogP contribution in [0.3, 0.4) is 0 Å². The standard InChI is InChI=1S/C16H23F2NO2/c1-12(15(20)21)7-6-8-13(2)19-11-16(17,18)14-9-4-3-5-10-14/h3-5,9-10,12-13,19H,6-8,11H2,1-2H3,(H,20,21). The molecular weight excluding hydrogens is 276 g/mol. The fourth-order valence-electron chi connectivity index (χ4n) is 2.04. The van der Waals surface area contributed by atoms with Crippen LogP contribution in [0.2, 0.25) is 0 Å². The van der Waals surface area contributed by atoms with Crippen LogP contribution in [-0.4, -0.2) is 23.7 Å². The summed E-state index contributed by atoms with van der Waals surface area (Å²) in [5.41, 5.74) is 0.00389. The normalized spacial score (nSPS) is 14.7. The van der Waals surface area contributed by atoms with Crippen LogP contribution in [0.15, 0.2) is 30.3 Å². The highest BCUT2D eigenvalue weighted by molar-refractivity contribution is 5.69. The summed E-state index contributed by atoms with van der Waals surface area (Å²) in [6.07, 6.45) is 1.96. The maximum atomic E-state index is 13.9. The van der Waals surface area contributed by atoms with E-state index in [0.29, 0.717) is 19.3 Å². The molecule has 0 aliphatic carbocycles. The van der Waals surface area contributed by atoms with Gasteiger partial charge in [0.1, 0.15) is 0 Å². The molecule has 5 heteroatoms. The Balaban J connectivity index is 2.32. The first-order chi connectivity index (χ1) is 9.83. The largest absolute Gasteiger partial charge is 0.481 e. The summed E-state index contributed by atoms with van der Waals surface area (Å²) in [5.74, 6) is -4.10. The third kappa shape index (κ3) is 6.21. The molecule has 0 amide bonds. The second-order valence-corrected chi connectivity index (χ2v) is 5.52. The SMILES string of the molecule is CC(CCCC(C)C(=O)O)NCC(F)(F)c1ccccc1. The van der Waals surface area contributed by atoms with Gasteiger partial charge in [0.05, 0.1) is 12.5 Å². The van der Waals surface area contributed by atoms with Crippen LogP contribution in [0.1, 0.15) is 38.7 Å². The van der Waals surface area contributed by atoms with Crippen molar-refractivity contribution in [1.29, 1.82) is 0 Å². The lowest BCUT2D eigenvalue weighted by molar-refractivity contribution is -0.141. The number of carbonyl (C=O) groups is 1. The summed E-state index contributed by atoms with van der Waals surface area (Å²) >= 11 is 0. The smallest absolute Gasteiger partial charge is 0.306 e. The van der Waals surface area contributed by atoms with E-state index in [1.165, 1.54) is 12.1 Å². The number of carboxylic acid groups (broad SMARTS) is 1. The molecule has 0 aliphatic heterocycles. The Bertz CT molecular complexity index is 437. The fourth-order valence-corrected chi connectivity index (χ4v) is 2.04. The van der Waals surface area contributed by atoms with Crippen molar-refractivity contribution in [3.05, 3.63) is 35.9 Å². The number of alkyl halides is 2. The third-order valence-electron chi connectivity index (χ3n) is 3.56. The van der Waals surface area contributed by atoms with Crippen LogP contribution in [0.25, 0.3) is 0 Å². The van der Waals surface area contributed by atoms with Gasteiger partial charge in [-0.05, 0) is 19.8 Å². The Morgan fingerprint density at radius 1 is 1.24 bits per heavy atom. The van der Waals surface area contributed by atoms with Gasteiger partial charge in [-0.1, -0.05) is 43.7 Å². The highest BCUT2D eigenvalue weighted by Crippen LogP contribution is 2.26. The molecule has 2 N–H and O–H groups in total. The molecule has 2 atom stereocenters. The second-order valence-electron chi connectivity index (χ2n) is 5.52. The lowest BCUT2D eigenvalue weighted by Gasteiger charge is -2.21. The molecule has 3 nitrogen and oxygen atoms in total. The van der Waals surface area contributed by atoms with Crippen molar-refractivity contribution in [3.63, 3.8) is 0 Å². The fraction of sp³-hybridized carbons (Fsp3) is 0.562. The number of hydrogen-bond acceptors (Lipinski definition) is 2. The first-order valence-corrected chi connectivity index (χ1v) is 7.22. The average Bonchev–Trinajstić information content (AvgIpc) is 2.46. The van der Waals surface area contributed by atoms with Crippen molar-refractivity contribution in [1.82, 2.24) is 5.32 Å². The van der Waals surface area contributed by atoms with Gasteiger partial charge in [0.25, 0.3) is 5.92 Å². The second kappa shape index (κ2) is 8.08. The number of hydrogen-bond donors (Lipinski definition) is 2. The van der Waals surface area contributed by atoms with Gasteiger partial charge in [-0.2, -0.15) is 8.78 Å². The molecule has 1 aromatic carbocycles. The Kier molecular flexibility index (Phi) is 6.75. The molecule has 1 rings (SSSR count). The van der Waals surface area contributed by atoms with Crippen LogP contribution in [-0.2, 0) is 10.7 Å². The van der Waals surface area contributed by atoms with E-state index >= 15 is 0 Å². The summed E-state index contributed by atoms with van der Waals surface area (Å²) in [6.45, 7) is 3.09. The van der Waals surface area contributed by atoms with Crippen LogP contribution in [0.5, 0.6) is 0 Å². The molecule has 0 aromatic heterocycles. The Morgan fingerprint density at radius 2 is 1.86 bits per heavy atom. The lowest BCUT2D eigenvalue weighted by Crippen LogP contribution is -2.36. The first kappa shape index (κ1) is 17.6. The van der Waals surface area contributed by atoms with Crippen molar-refractivity contribution >= 4 is 5.97 Å². The van der Waals surface area contributed by atoms with Crippen LogP contribution >= 0.6 is 0 Å². The monoisotopic (exact) mass is 299 g/mol. The summed E-state index contributed by atoms with van der Waals surface area (Å²) in [5, 5.41) is 11.6. The molecule has 0 heterocycles. The van der Waals surface area contributed by atoms with E-state index in [1.54, 1.807) is 25.1 Å². The Labute approximate surface area is 124 Å². The van der Waals surface area contributed by atoms with Crippen molar-refractivity contribution in [2.24, 2.45) is 5.92 Å². The topological polar surface area (TPSA) is 49.3 Å². The van der Waals surface area contributed by atoms with Gasteiger partial charge in [-0.3, -0.25) is 4.79 Å². The van der Waals surface area contributed by atoms with Crippen molar-refractivity contribution in [2.75, 3.05) is 6.54 Å². The van der Waals surface area contributed by atoms with Crippen LogP contribution in [0, 0.1) is 5.92 Å². The predicted octanol–water partition coefficient (Wildman–Crippen LogP) is 3.65. The summed E-state index contributed by atoms with van der Waals surface area (Å²) in [4.78, 5) is 10.7. The van der Waals surface area contributed by atoms with E-state index in [0.717, 1.165) is 0 Å². The molecule has 118 valence electrons. The maximum absolute atomic E-state index is 13.9. The number of aliphatic carboxylic acids is 1. The molecule has 0 fully saturated rings. The van der Waals surface area contributed by atoms with Gasteiger partial charge >= 0.3 is 5.97 Å². The number of carboxylic acids is 1. The number of benzene rings is 1. The zero-order valence-electron chi connectivity index (χ0n) is 12.5. The molecule has 21 heavy (non-hydrogen) atoms. The summed E-state index contributed by atoms with van der Waals surface area (Å²) in [7, 11) is 0. The zero-order chi connectivity index (χ0) is 15.9. The van der Waals surface area contributed by atoms with Crippen molar-refractivity contribution < 1.29 is 18.7 Å².